The van der Waals surface area contributed by atoms with Crippen LogP contribution in [0.2, 0.25) is 0 Å². The van der Waals surface area contributed by atoms with Gasteiger partial charge in [-0.2, -0.15) is 0 Å². The molecule has 2 aromatic rings. The zero-order valence-corrected chi connectivity index (χ0v) is 11.3. The highest BCUT2D eigenvalue weighted by molar-refractivity contribution is 5.94. The molecule has 6 heteroatoms. The van der Waals surface area contributed by atoms with E-state index in [2.05, 4.69) is 5.32 Å². The molecule has 0 aliphatic carbocycles. The molecule has 0 atom stereocenters. The molecule has 2 rings (SSSR count). The van der Waals surface area contributed by atoms with Crippen LogP contribution in [0, 0.1) is 18.6 Å². The van der Waals surface area contributed by atoms with Crippen LogP contribution >= 0.6 is 0 Å². The Hall–Kier alpha value is -2.63. The highest BCUT2D eigenvalue weighted by Gasteiger charge is 2.08. The number of hydrogen-bond acceptors (Lipinski definition) is 3. The van der Waals surface area contributed by atoms with Gasteiger partial charge >= 0.3 is 0 Å². The minimum Gasteiger partial charge on any atom is -0.484 e. The second kappa shape index (κ2) is 6.21. The summed E-state index contributed by atoms with van der Waals surface area (Å²) in [5.74, 6) is -1.12. The number of ether oxygens (including phenoxy) is 1. The molecule has 4 nitrogen and oxygen atoms in total. The number of carbonyl (C=O) groups is 1. The molecule has 0 aliphatic heterocycles. The van der Waals surface area contributed by atoms with E-state index in [1.165, 1.54) is 18.2 Å². The van der Waals surface area contributed by atoms with Gasteiger partial charge in [-0.1, -0.05) is 6.07 Å². The van der Waals surface area contributed by atoms with E-state index in [-0.39, 0.29) is 18.0 Å². The van der Waals surface area contributed by atoms with Gasteiger partial charge in [0.2, 0.25) is 0 Å². The van der Waals surface area contributed by atoms with E-state index in [1.54, 1.807) is 19.1 Å². The molecule has 0 spiro atoms. The maximum Gasteiger partial charge on any atom is 0.262 e. The third-order valence-electron chi connectivity index (χ3n) is 2.80. The van der Waals surface area contributed by atoms with Crippen LogP contribution in [0.15, 0.2) is 36.4 Å². The highest BCUT2D eigenvalue weighted by Crippen LogP contribution is 2.19. The zero-order valence-electron chi connectivity index (χ0n) is 11.3. The van der Waals surface area contributed by atoms with Crippen LogP contribution in [0.3, 0.4) is 0 Å². The lowest BCUT2D eigenvalue weighted by molar-refractivity contribution is -0.118. The summed E-state index contributed by atoms with van der Waals surface area (Å²) in [5.41, 5.74) is 6.47. The van der Waals surface area contributed by atoms with Crippen LogP contribution in [0.25, 0.3) is 0 Å². The lowest BCUT2D eigenvalue weighted by Gasteiger charge is -2.10. The van der Waals surface area contributed by atoms with E-state index in [0.29, 0.717) is 11.3 Å². The number of amides is 1. The Balaban J connectivity index is 1.94. The topological polar surface area (TPSA) is 64.3 Å². The molecule has 0 aliphatic rings. The Morgan fingerprint density at radius 1 is 1.24 bits per heavy atom. The first kappa shape index (κ1) is 14.8. The number of nitrogen functional groups attached to an aromatic ring is 1. The molecule has 0 unspecified atom stereocenters. The molecule has 0 aromatic heterocycles. The van der Waals surface area contributed by atoms with Crippen molar-refractivity contribution in [3.05, 3.63) is 53.6 Å². The summed E-state index contributed by atoms with van der Waals surface area (Å²) >= 11 is 0. The number of carbonyl (C=O) groups excluding carboxylic acids is 1. The van der Waals surface area contributed by atoms with Crippen molar-refractivity contribution in [2.75, 3.05) is 17.7 Å². The lowest BCUT2D eigenvalue weighted by Crippen LogP contribution is -2.20. The maximum atomic E-state index is 13.3. The molecular weight excluding hydrogens is 278 g/mol. The number of anilines is 2. The normalized spacial score (nSPS) is 10.2. The predicted molar refractivity (Wildman–Crippen MR) is 76.1 cm³/mol. The summed E-state index contributed by atoms with van der Waals surface area (Å²) in [6.45, 7) is 1.32. The standard InChI is InChI=1S/C15H14F2N2O2/c1-9-2-4-11(7-12(9)17)21-8-15(20)19-14-5-3-10(16)6-13(14)18/h2-7H,8,18H2,1H3,(H,19,20). The first-order chi connectivity index (χ1) is 9.95. The van der Waals surface area contributed by atoms with Crippen LogP contribution in [0.5, 0.6) is 5.75 Å². The first-order valence-electron chi connectivity index (χ1n) is 6.19. The summed E-state index contributed by atoms with van der Waals surface area (Å²) in [4.78, 5) is 11.7. The van der Waals surface area contributed by atoms with Gasteiger partial charge in [0.15, 0.2) is 6.61 Å². The molecule has 0 fully saturated rings. The van der Waals surface area contributed by atoms with Gasteiger partial charge in [0.1, 0.15) is 17.4 Å². The van der Waals surface area contributed by atoms with Gasteiger partial charge in [0, 0.05) is 6.07 Å². The van der Waals surface area contributed by atoms with E-state index >= 15 is 0 Å². The molecule has 0 saturated heterocycles. The van der Waals surface area contributed by atoms with Crippen molar-refractivity contribution in [3.63, 3.8) is 0 Å². The van der Waals surface area contributed by atoms with Crippen LogP contribution in [0.4, 0.5) is 20.2 Å². The number of halogens is 2. The Bertz CT molecular complexity index is 675. The summed E-state index contributed by atoms with van der Waals surface area (Å²) in [6, 6.07) is 7.97. The van der Waals surface area contributed by atoms with Gasteiger partial charge in [-0.3, -0.25) is 4.79 Å². The Morgan fingerprint density at radius 3 is 2.67 bits per heavy atom. The maximum absolute atomic E-state index is 13.3. The average Bonchev–Trinajstić information content (AvgIpc) is 2.43. The molecule has 3 N–H and O–H groups in total. The van der Waals surface area contributed by atoms with Crippen molar-refractivity contribution in [2.24, 2.45) is 0 Å². The van der Waals surface area contributed by atoms with Crippen molar-refractivity contribution >= 4 is 17.3 Å². The van der Waals surface area contributed by atoms with Crippen molar-refractivity contribution < 1.29 is 18.3 Å². The van der Waals surface area contributed by atoms with Crippen molar-refractivity contribution in [1.82, 2.24) is 0 Å². The third kappa shape index (κ3) is 3.92. The molecule has 2 aromatic carbocycles. The van der Waals surface area contributed by atoms with Crippen LogP contribution in [-0.2, 0) is 4.79 Å². The van der Waals surface area contributed by atoms with Crippen molar-refractivity contribution in [3.8, 4) is 5.75 Å². The molecular formula is C15H14F2N2O2. The van der Waals surface area contributed by atoms with Gasteiger partial charge in [-0.05, 0) is 36.8 Å². The summed E-state index contributed by atoms with van der Waals surface area (Å²) in [5, 5.41) is 2.48. The zero-order chi connectivity index (χ0) is 15.4. The molecule has 0 radical (unpaired) electrons. The number of rotatable bonds is 4. The monoisotopic (exact) mass is 292 g/mol. The Kier molecular flexibility index (Phi) is 4.37. The molecule has 1 amide bonds. The van der Waals surface area contributed by atoms with E-state index in [9.17, 15) is 13.6 Å². The van der Waals surface area contributed by atoms with Crippen molar-refractivity contribution in [1.29, 1.82) is 0 Å². The molecule has 0 saturated carbocycles. The summed E-state index contributed by atoms with van der Waals surface area (Å²) < 4.78 is 31.4. The third-order valence-corrected chi connectivity index (χ3v) is 2.80. The largest absolute Gasteiger partial charge is 0.484 e. The smallest absolute Gasteiger partial charge is 0.262 e. The van der Waals surface area contributed by atoms with Gasteiger partial charge in [0.25, 0.3) is 5.91 Å². The van der Waals surface area contributed by atoms with Crippen LogP contribution < -0.4 is 15.8 Å². The molecule has 0 heterocycles. The Labute approximate surface area is 120 Å². The second-order valence-electron chi connectivity index (χ2n) is 4.48. The first-order valence-corrected chi connectivity index (χ1v) is 6.19. The van der Waals surface area contributed by atoms with Gasteiger partial charge < -0.3 is 15.8 Å². The SMILES string of the molecule is Cc1ccc(OCC(=O)Nc2ccc(F)cc2N)cc1F. The fourth-order valence-corrected chi connectivity index (χ4v) is 1.65. The fourth-order valence-electron chi connectivity index (χ4n) is 1.65. The fraction of sp³-hybridized carbons (Fsp3) is 0.133. The number of benzene rings is 2. The number of nitrogens with one attached hydrogen (secondary N) is 1. The van der Waals surface area contributed by atoms with Gasteiger partial charge in [-0.25, -0.2) is 8.78 Å². The van der Waals surface area contributed by atoms with Gasteiger partial charge in [0.05, 0.1) is 11.4 Å². The van der Waals surface area contributed by atoms with Crippen LogP contribution in [-0.4, -0.2) is 12.5 Å². The number of hydrogen-bond donors (Lipinski definition) is 2. The van der Waals surface area contributed by atoms with E-state index in [4.69, 9.17) is 10.5 Å². The summed E-state index contributed by atoms with van der Waals surface area (Å²) in [7, 11) is 0. The number of aryl methyl sites for hydroxylation is 1. The van der Waals surface area contributed by atoms with E-state index in [1.807, 2.05) is 0 Å². The van der Waals surface area contributed by atoms with Crippen LogP contribution in [0.1, 0.15) is 5.56 Å². The molecule has 0 bridgehead atoms. The van der Waals surface area contributed by atoms with Crippen molar-refractivity contribution in [2.45, 2.75) is 6.92 Å². The van der Waals surface area contributed by atoms with E-state index < -0.39 is 17.5 Å². The summed E-state index contributed by atoms with van der Waals surface area (Å²) in [6.07, 6.45) is 0. The number of nitrogens with two attached hydrogens (primary N) is 1. The Morgan fingerprint density at radius 2 is 2.00 bits per heavy atom. The average molecular weight is 292 g/mol. The van der Waals surface area contributed by atoms with Gasteiger partial charge in [-0.15, -0.1) is 0 Å². The highest BCUT2D eigenvalue weighted by atomic mass is 19.1. The predicted octanol–water partition coefficient (Wildman–Crippen LogP) is 2.87. The lowest BCUT2D eigenvalue weighted by atomic mass is 10.2. The second-order valence-corrected chi connectivity index (χ2v) is 4.48. The molecule has 110 valence electrons. The minimum absolute atomic E-state index is 0.115. The molecule has 21 heavy (non-hydrogen) atoms. The minimum atomic E-state index is -0.489. The quantitative estimate of drug-likeness (QED) is 0.852. The van der Waals surface area contributed by atoms with E-state index in [0.717, 1.165) is 6.07 Å².